The number of rotatable bonds is 4. The Kier molecular flexibility index (Phi) is 3.83. The van der Waals surface area contributed by atoms with Gasteiger partial charge in [-0.15, -0.1) is 0 Å². The Bertz CT molecular complexity index is 396. The molecule has 4 saturated carbocycles. The van der Waals surface area contributed by atoms with E-state index in [1.807, 2.05) is 0 Å². The summed E-state index contributed by atoms with van der Waals surface area (Å²) in [5.41, 5.74) is 0.114. The molecule has 4 heteroatoms. The second-order valence-corrected chi connectivity index (χ2v) is 8.57. The highest BCUT2D eigenvalue weighted by molar-refractivity contribution is 5.75. The van der Waals surface area contributed by atoms with Gasteiger partial charge in [-0.1, -0.05) is 0 Å². The van der Waals surface area contributed by atoms with Crippen molar-refractivity contribution < 1.29 is 9.53 Å². The zero-order chi connectivity index (χ0) is 15.2. The highest BCUT2D eigenvalue weighted by Gasteiger charge is 2.51. The quantitative estimate of drug-likeness (QED) is 0.838. The van der Waals surface area contributed by atoms with Gasteiger partial charge in [-0.05, 0) is 82.5 Å². The highest BCUT2D eigenvalue weighted by Crippen LogP contribution is 2.55. The Morgan fingerprint density at radius 2 is 1.82 bits per heavy atom. The maximum Gasteiger partial charge on any atom is 0.315 e. The summed E-state index contributed by atoms with van der Waals surface area (Å²) in [4.78, 5) is 12.4. The number of carbonyl (C=O) groups is 1. The number of ether oxygens (including phenoxy) is 1. The molecular weight excluding hydrogens is 276 g/mol. The van der Waals surface area contributed by atoms with Crippen LogP contribution in [0, 0.1) is 17.8 Å². The lowest BCUT2D eigenvalue weighted by atomic mass is 9.53. The molecule has 22 heavy (non-hydrogen) atoms. The van der Waals surface area contributed by atoms with Crippen LogP contribution in [0.15, 0.2) is 0 Å². The van der Waals surface area contributed by atoms with Crippen LogP contribution in [0.4, 0.5) is 4.79 Å². The van der Waals surface area contributed by atoms with E-state index in [0.717, 1.165) is 43.6 Å². The summed E-state index contributed by atoms with van der Waals surface area (Å²) in [6.07, 6.45) is 11.5. The van der Waals surface area contributed by atoms with Crippen LogP contribution in [0.2, 0.25) is 0 Å². The predicted molar refractivity (Wildman–Crippen MR) is 85.6 cm³/mol. The molecule has 2 atom stereocenters. The number of nitrogens with one attached hydrogen (secondary N) is 2. The van der Waals surface area contributed by atoms with E-state index < -0.39 is 0 Å². The van der Waals surface area contributed by atoms with Crippen LogP contribution in [-0.2, 0) is 4.74 Å². The average Bonchev–Trinajstić information content (AvgIpc) is 2.88. The molecule has 2 amide bonds. The monoisotopic (exact) mass is 306 g/mol. The summed E-state index contributed by atoms with van der Waals surface area (Å²) in [6.45, 7) is 2.98. The van der Waals surface area contributed by atoms with Crippen molar-refractivity contribution in [1.29, 1.82) is 0 Å². The third kappa shape index (κ3) is 2.99. The first kappa shape index (κ1) is 14.8. The number of carbonyl (C=O) groups excluding carboxylic acids is 1. The van der Waals surface area contributed by atoms with E-state index in [-0.39, 0.29) is 17.6 Å². The topological polar surface area (TPSA) is 50.4 Å². The maximum absolute atomic E-state index is 12.4. The van der Waals surface area contributed by atoms with E-state index >= 15 is 0 Å². The number of urea groups is 1. The number of hydrogen-bond donors (Lipinski definition) is 2. The van der Waals surface area contributed by atoms with Gasteiger partial charge in [0.2, 0.25) is 0 Å². The van der Waals surface area contributed by atoms with Gasteiger partial charge >= 0.3 is 6.03 Å². The fraction of sp³-hybridized carbons (Fsp3) is 0.944. The smallest absolute Gasteiger partial charge is 0.315 e. The van der Waals surface area contributed by atoms with Crippen molar-refractivity contribution in [2.24, 2.45) is 17.8 Å². The molecule has 4 nitrogen and oxygen atoms in total. The SMILES string of the molecule is CC(CC1CCCO1)NC(=O)NC12CC3CC(CC(C3)C1)C2. The molecule has 4 bridgehead atoms. The van der Waals surface area contributed by atoms with Crippen molar-refractivity contribution in [2.75, 3.05) is 6.61 Å². The van der Waals surface area contributed by atoms with E-state index in [1.165, 1.54) is 38.5 Å². The van der Waals surface area contributed by atoms with Crippen LogP contribution in [-0.4, -0.2) is 30.3 Å². The lowest BCUT2D eigenvalue weighted by Crippen LogP contribution is -2.62. The van der Waals surface area contributed by atoms with E-state index in [9.17, 15) is 4.79 Å². The molecule has 0 aromatic carbocycles. The summed E-state index contributed by atoms with van der Waals surface area (Å²) < 4.78 is 5.67. The predicted octanol–water partition coefficient (Wildman–Crippen LogP) is 3.21. The van der Waals surface area contributed by atoms with Crippen LogP contribution in [0.5, 0.6) is 0 Å². The van der Waals surface area contributed by atoms with E-state index in [4.69, 9.17) is 4.74 Å². The van der Waals surface area contributed by atoms with Crippen molar-refractivity contribution in [3.8, 4) is 0 Å². The van der Waals surface area contributed by atoms with Crippen molar-refractivity contribution in [1.82, 2.24) is 10.6 Å². The third-order valence-corrected chi connectivity index (χ3v) is 6.43. The number of hydrogen-bond acceptors (Lipinski definition) is 2. The van der Waals surface area contributed by atoms with Crippen molar-refractivity contribution >= 4 is 6.03 Å². The zero-order valence-corrected chi connectivity index (χ0v) is 13.8. The van der Waals surface area contributed by atoms with Crippen molar-refractivity contribution in [3.63, 3.8) is 0 Å². The largest absolute Gasteiger partial charge is 0.378 e. The normalized spacial score (nSPS) is 44.0. The van der Waals surface area contributed by atoms with Gasteiger partial charge in [-0.2, -0.15) is 0 Å². The van der Waals surface area contributed by atoms with Gasteiger partial charge in [0.15, 0.2) is 0 Å². The van der Waals surface area contributed by atoms with Crippen LogP contribution >= 0.6 is 0 Å². The fourth-order valence-electron chi connectivity index (χ4n) is 6.05. The molecule has 5 rings (SSSR count). The third-order valence-electron chi connectivity index (χ3n) is 6.43. The number of amides is 2. The molecule has 0 aromatic rings. The lowest BCUT2D eigenvalue weighted by Gasteiger charge is -2.56. The van der Waals surface area contributed by atoms with Gasteiger partial charge in [0.1, 0.15) is 0 Å². The van der Waals surface area contributed by atoms with Gasteiger partial charge in [-0.25, -0.2) is 4.79 Å². The van der Waals surface area contributed by atoms with E-state index in [2.05, 4.69) is 17.6 Å². The Balaban J connectivity index is 1.30. The van der Waals surface area contributed by atoms with Gasteiger partial charge in [0.25, 0.3) is 0 Å². The van der Waals surface area contributed by atoms with Crippen molar-refractivity contribution in [2.45, 2.75) is 82.4 Å². The summed E-state index contributed by atoms with van der Waals surface area (Å²) in [5.74, 6) is 2.61. The fourth-order valence-corrected chi connectivity index (χ4v) is 6.05. The average molecular weight is 306 g/mol. The van der Waals surface area contributed by atoms with E-state index in [1.54, 1.807) is 0 Å². The molecule has 0 spiro atoms. The Morgan fingerprint density at radius 1 is 1.18 bits per heavy atom. The summed E-state index contributed by atoms with van der Waals surface area (Å²) >= 11 is 0. The Morgan fingerprint density at radius 3 is 2.36 bits per heavy atom. The zero-order valence-electron chi connectivity index (χ0n) is 13.8. The molecule has 0 radical (unpaired) electrons. The molecule has 0 aromatic heterocycles. The van der Waals surface area contributed by atoms with Crippen molar-refractivity contribution in [3.05, 3.63) is 0 Å². The molecule has 1 heterocycles. The molecule has 5 aliphatic rings. The van der Waals surface area contributed by atoms with Gasteiger partial charge < -0.3 is 15.4 Å². The molecule has 124 valence electrons. The molecule has 5 fully saturated rings. The summed E-state index contributed by atoms with van der Waals surface area (Å²) in [6, 6.07) is 0.240. The lowest BCUT2D eigenvalue weighted by molar-refractivity contribution is -0.0137. The highest BCUT2D eigenvalue weighted by atomic mass is 16.5. The molecule has 4 aliphatic carbocycles. The van der Waals surface area contributed by atoms with Gasteiger partial charge in [0, 0.05) is 18.2 Å². The van der Waals surface area contributed by atoms with E-state index in [0.29, 0.717) is 6.10 Å². The second kappa shape index (κ2) is 5.70. The Labute approximate surface area is 133 Å². The molecule has 2 unspecified atom stereocenters. The van der Waals surface area contributed by atoms with Crippen LogP contribution in [0.25, 0.3) is 0 Å². The minimum Gasteiger partial charge on any atom is -0.378 e. The Hall–Kier alpha value is -0.770. The van der Waals surface area contributed by atoms with Crippen LogP contribution in [0.1, 0.15) is 64.7 Å². The summed E-state index contributed by atoms with van der Waals surface area (Å²) in [7, 11) is 0. The maximum atomic E-state index is 12.4. The minimum absolute atomic E-state index is 0.0486. The first-order valence-corrected chi connectivity index (χ1v) is 9.30. The molecule has 1 aliphatic heterocycles. The standard InChI is InChI=1S/C18H30N2O2/c1-12(5-16-3-2-4-22-16)19-17(21)20-18-9-13-6-14(10-18)8-15(7-13)11-18/h12-16H,2-11H2,1H3,(H2,19,20,21). The van der Waals surface area contributed by atoms with Gasteiger partial charge in [-0.3, -0.25) is 0 Å². The first-order valence-electron chi connectivity index (χ1n) is 9.30. The van der Waals surface area contributed by atoms with Crippen LogP contribution < -0.4 is 10.6 Å². The van der Waals surface area contributed by atoms with Gasteiger partial charge in [0.05, 0.1) is 6.10 Å². The first-order chi connectivity index (χ1) is 10.6. The van der Waals surface area contributed by atoms with Crippen LogP contribution in [0.3, 0.4) is 0 Å². The summed E-state index contributed by atoms with van der Waals surface area (Å²) in [5, 5.41) is 6.54. The second-order valence-electron chi connectivity index (χ2n) is 8.57. The molecule has 1 saturated heterocycles. The molecular formula is C18H30N2O2. The minimum atomic E-state index is 0.0486. The molecule has 2 N–H and O–H groups in total.